The summed E-state index contributed by atoms with van der Waals surface area (Å²) in [5, 5.41) is 15.1. The molecule has 1 saturated heterocycles. The van der Waals surface area contributed by atoms with Crippen LogP contribution in [-0.4, -0.2) is 46.4 Å². The Kier molecular flexibility index (Phi) is 6.41. The summed E-state index contributed by atoms with van der Waals surface area (Å²) in [6.45, 7) is 4.69. The summed E-state index contributed by atoms with van der Waals surface area (Å²) in [4.78, 5) is 30.5. The molecule has 0 radical (unpaired) electrons. The van der Waals surface area contributed by atoms with Gasteiger partial charge in [-0.05, 0) is 50.2 Å². The van der Waals surface area contributed by atoms with E-state index in [1.165, 1.54) is 17.8 Å². The highest BCUT2D eigenvalue weighted by atomic mass is 32.2. The van der Waals surface area contributed by atoms with Gasteiger partial charge in [-0.25, -0.2) is 4.98 Å². The van der Waals surface area contributed by atoms with E-state index in [4.69, 9.17) is 0 Å². The third-order valence-corrected chi connectivity index (χ3v) is 5.69. The van der Waals surface area contributed by atoms with Gasteiger partial charge in [0, 0.05) is 30.4 Å². The Balaban J connectivity index is 1.71. The summed E-state index contributed by atoms with van der Waals surface area (Å²) >= 11 is 1.21. The second-order valence-corrected chi connectivity index (χ2v) is 7.41. The number of nitrogens with one attached hydrogen (secondary N) is 1. The zero-order valence-electron chi connectivity index (χ0n) is 15.1. The van der Waals surface area contributed by atoms with Gasteiger partial charge in [0.2, 0.25) is 0 Å². The summed E-state index contributed by atoms with van der Waals surface area (Å²) in [5.74, 6) is -0.282. The predicted octanol–water partition coefficient (Wildman–Crippen LogP) is 3.36. The number of hydrogen-bond donors (Lipinski definition) is 1. The van der Waals surface area contributed by atoms with E-state index < -0.39 is 4.92 Å². The number of pyridine rings is 1. The van der Waals surface area contributed by atoms with Gasteiger partial charge in [0.25, 0.3) is 11.6 Å². The fourth-order valence-corrected chi connectivity index (χ4v) is 4.12. The highest BCUT2D eigenvalue weighted by Crippen LogP contribution is 2.34. The molecule has 0 saturated carbocycles. The minimum Gasteiger partial charge on any atom is -0.350 e. The zero-order chi connectivity index (χ0) is 19.2. The third kappa shape index (κ3) is 4.84. The van der Waals surface area contributed by atoms with Crippen molar-refractivity contribution in [1.82, 2.24) is 15.2 Å². The summed E-state index contributed by atoms with van der Waals surface area (Å²) in [6, 6.07) is 10.3. The van der Waals surface area contributed by atoms with Crippen LogP contribution in [0.4, 0.5) is 5.69 Å². The van der Waals surface area contributed by atoms with Crippen molar-refractivity contribution >= 4 is 23.4 Å². The van der Waals surface area contributed by atoms with Gasteiger partial charge in [0.05, 0.1) is 9.82 Å². The Labute approximate surface area is 162 Å². The maximum Gasteiger partial charge on any atom is 0.284 e. The third-order valence-electron chi connectivity index (χ3n) is 4.67. The van der Waals surface area contributed by atoms with Crippen LogP contribution < -0.4 is 5.32 Å². The number of aromatic nitrogens is 1. The highest BCUT2D eigenvalue weighted by Gasteiger charge is 2.24. The molecule has 1 atom stereocenters. The average molecular weight is 386 g/mol. The molecule has 2 aromatic rings. The van der Waals surface area contributed by atoms with Crippen LogP contribution in [0.2, 0.25) is 0 Å². The number of amides is 1. The maximum absolute atomic E-state index is 12.5. The van der Waals surface area contributed by atoms with Crippen LogP contribution in [0.5, 0.6) is 0 Å². The largest absolute Gasteiger partial charge is 0.350 e. The van der Waals surface area contributed by atoms with Crippen LogP contribution in [0.3, 0.4) is 0 Å². The lowest BCUT2D eigenvalue weighted by Gasteiger charge is -2.22. The SMILES string of the molecule is CCN1CCCC1CNC(=O)c1ccc(Sc2ccccn2)c([N+](=O)[O-])c1. The molecule has 0 bridgehead atoms. The Morgan fingerprint density at radius 3 is 2.96 bits per heavy atom. The molecule has 1 aliphatic rings. The van der Waals surface area contributed by atoms with Crippen LogP contribution in [0, 0.1) is 10.1 Å². The molecule has 0 spiro atoms. The number of carbonyl (C=O) groups excluding carboxylic acids is 1. The second-order valence-electron chi connectivity index (χ2n) is 6.34. The van der Waals surface area contributed by atoms with Crippen LogP contribution in [0.15, 0.2) is 52.5 Å². The van der Waals surface area contributed by atoms with E-state index in [2.05, 4.69) is 22.1 Å². The van der Waals surface area contributed by atoms with E-state index in [-0.39, 0.29) is 11.6 Å². The molecule has 1 amide bonds. The first-order valence-electron chi connectivity index (χ1n) is 8.98. The number of benzene rings is 1. The second kappa shape index (κ2) is 8.96. The topological polar surface area (TPSA) is 88.4 Å². The van der Waals surface area contributed by atoms with Crippen LogP contribution >= 0.6 is 11.8 Å². The molecule has 3 rings (SSSR count). The van der Waals surface area contributed by atoms with Crippen LogP contribution in [-0.2, 0) is 0 Å². The van der Waals surface area contributed by atoms with E-state index in [0.29, 0.717) is 28.1 Å². The molecule has 27 heavy (non-hydrogen) atoms. The van der Waals surface area contributed by atoms with Crippen LogP contribution in [0.1, 0.15) is 30.1 Å². The zero-order valence-corrected chi connectivity index (χ0v) is 15.9. The molecule has 142 valence electrons. The van der Waals surface area contributed by atoms with E-state index in [1.54, 1.807) is 30.5 Å². The molecule has 1 aliphatic heterocycles. The van der Waals surface area contributed by atoms with Crippen molar-refractivity contribution in [3.63, 3.8) is 0 Å². The fourth-order valence-electron chi connectivity index (χ4n) is 3.26. The monoisotopic (exact) mass is 386 g/mol. The lowest BCUT2D eigenvalue weighted by Crippen LogP contribution is -2.40. The molecule has 1 aromatic heterocycles. The van der Waals surface area contributed by atoms with Crippen LogP contribution in [0.25, 0.3) is 0 Å². The Morgan fingerprint density at radius 1 is 1.41 bits per heavy atom. The van der Waals surface area contributed by atoms with E-state index in [0.717, 1.165) is 25.9 Å². The van der Waals surface area contributed by atoms with Crippen molar-refractivity contribution in [2.75, 3.05) is 19.6 Å². The van der Waals surface area contributed by atoms with Gasteiger partial charge in [-0.15, -0.1) is 0 Å². The molecule has 1 unspecified atom stereocenters. The normalized spacial score (nSPS) is 17.0. The summed E-state index contributed by atoms with van der Waals surface area (Å²) in [5.41, 5.74) is 0.211. The number of carbonyl (C=O) groups is 1. The number of nitro benzene ring substituents is 1. The first-order valence-corrected chi connectivity index (χ1v) is 9.79. The van der Waals surface area contributed by atoms with Gasteiger partial charge in [-0.2, -0.15) is 0 Å². The number of likely N-dealkylation sites (tertiary alicyclic amines) is 1. The minimum atomic E-state index is -0.460. The van der Waals surface area contributed by atoms with Crippen molar-refractivity contribution in [2.24, 2.45) is 0 Å². The molecular weight excluding hydrogens is 364 g/mol. The number of hydrogen-bond acceptors (Lipinski definition) is 6. The van der Waals surface area contributed by atoms with Crippen molar-refractivity contribution in [2.45, 2.75) is 35.7 Å². The molecule has 1 aromatic carbocycles. The highest BCUT2D eigenvalue weighted by molar-refractivity contribution is 7.99. The van der Waals surface area contributed by atoms with Gasteiger partial charge in [-0.3, -0.25) is 19.8 Å². The van der Waals surface area contributed by atoms with E-state index in [9.17, 15) is 14.9 Å². The molecule has 1 N–H and O–H groups in total. The lowest BCUT2D eigenvalue weighted by molar-refractivity contribution is -0.387. The Morgan fingerprint density at radius 2 is 2.26 bits per heavy atom. The number of likely N-dealkylation sites (N-methyl/N-ethyl adjacent to an activating group) is 1. The Hall–Kier alpha value is -2.45. The van der Waals surface area contributed by atoms with Crippen molar-refractivity contribution < 1.29 is 9.72 Å². The first-order chi connectivity index (χ1) is 13.1. The summed E-state index contributed by atoms with van der Waals surface area (Å²) < 4.78 is 0. The van der Waals surface area contributed by atoms with Gasteiger partial charge < -0.3 is 5.32 Å². The van der Waals surface area contributed by atoms with Crippen molar-refractivity contribution in [3.8, 4) is 0 Å². The average Bonchev–Trinajstić information content (AvgIpc) is 3.14. The van der Waals surface area contributed by atoms with Crippen molar-refractivity contribution in [3.05, 3.63) is 58.3 Å². The number of nitrogens with zero attached hydrogens (tertiary/aromatic N) is 3. The molecule has 8 heteroatoms. The van der Waals surface area contributed by atoms with Gasteiger partial charge in [0.1, 0.15) is 5.03 Å². The van der Waals surface area contributed by atoms with Gasteiger partial charge >= 0.3 is 0 Å². The molecule has 1 fully saturated rings. The standard InChI is InChI=1S/C19H22N4O3S/c1-2-22-11-5-6-15(22)13-21-19(24)14-8-9-17(16(12-14)23(25)26)27-18-7-3-4-10-20-18/h3-4,7-10,12,15H,2,5-6,11,13H2,1H3,(H,21,24). The predicted molar refractivity (Wildman–Crippen MR) is 104 cm³/mol. The molecule has 7 nitrogen and oxygen atoms in total. The summed E-state index contributed by atoms with van der Waals surface area (Å²) in [7, 11) is 0. The minimum absolute atomic E-state index is 0.0886. The maximum atomic E-state index is 12.5. The molecular formula is C19H22N4O3S. The molecule has 0 aliphatic carbocycles. The number of rotatable bonds is 7. The van der Waals surface area contributed by atoms with E-state index in [1.807, 2.05) is 6.07 Å². The van der Waals surface area contributed by atoms with Gasteiger partial charge in [-0.1, -0.05) is 24.8 Å². The Bertz CT molecular complexity index is 816. The molecule has 2 heterocycles. The number of nitro groups is 1. The first kappa shape index (κ1) is 19.3. The smallest absolute Gasteiger partial charge is 0.284 e. The quantitative estimate of drug-likeness (QED) is 0.580. The fraction of sp³-hybridized carbons (Fsp3) is 0.368. The summed E-state index contributed by atoms with van der Waals surface area (Å²) in [6.07, 6.45) is 3.84. The van der Waals surface area contributed by atoms with E-state index >= 15 is 0 Å². The van der Waals surface area contributed by atoms with Gasteiger partial charge in [0.15, 0.2) is 0 Å². The van der Waals surface area contributed by atoms with Crippen molar-refractivity contribution in [1.29, 1.82) is 0 Å². The lowest BCUT2D eigenvalue weighted by atomic mass is 10.1.